The molecule has 2 aromatic rings. The molecule has 2 amide bonds. The van der Waals surface area contributed by atoms with E-state index in [1.54, 1.807) is 27.3 Å². The summed E-state index contributed by atoms with van der Waals surface area (Å²) in [6.45, 7) is 2.07. The lowest BCUT2D eigenvalue weighted by Crippen LogP contribution is -2.37. The fourth-order valence-corrected chi connectivity index (χ4v) is 2.61. The van der Waals surface area contributed by atoms with Crippen molar-refractivity contribution in [3.05, 3.63) is 52.1 Å². The van der Waals surface area contributed by atoms with Gasteiger partial charge in [-0.2, -0.15) is 0 Å². The summed E-state index contributed by atoms with van der Waals surface area (Å²) < 4.78 is 6.06. The van der Waals surface area contributed by atoms with E-state index in [1.165, 1.54) is 4.90 Å². The molecule has 0 radical (unpaired) electrons. The number of benzene rings is 1. The second kappa shape index (κ2) is 7.92. The number of nitrogens with one attached hydrogen (secondary N) is 1. The van der Waals surface area contributed by atoms with Gasteiger partial charge in [0, 0.05) is 29.8 Å². The number of pyridine rings is 1. The van der Waals surface area contributed by atoms with Crippen molar-refractivity contribution in [2.45, 2.75) is 13.5 Å². The number of halogens is 1. The average molecular weight is 392 g/mol. The lowest BCUT2D eigenvalue weighted by atomic mass is 10.2. The lowest BCUT2D eigenvalue weighted by molar-refractivity contribution is -0.142. The van der Waals surface area contributed by atoms with Gasteiger partial charge < -0.3 is 15.0 Å². The number of likely N-dealkylation sites (N-methyl/N-ethyl adjacent to an activating group) is 1. The van der Waals surface area contributed by atoms with Crippen LogP contribution in [0.3, 0.4) is 0 Å². The molecule has 126 valence electrons. The average Bonchev–Trinajstić information content (AvgIpc) is 2.57. The highest BCUT2D eigenvalue weighted by molar-refractivity contribution is 9.10. The molecule has 1 N–H and O–H groups in total. The first-order chi connectivity index (χ1) is 11.4. The normalized spacial score (nSPS) is 10.2. The molecule has 1 aromatic carbocycles. The van der Waals surface area contributed by atoms with Crippen molar-refractivity contribution >= 4 is 33.6 Å². The number of methoxy groups -OCH3 is 1. The molecule has 1 heterocycles. The molecule has 0 aliphatic carbocycles. The maximum absolute atomic E-state index is 12.3. The first-order valence-electron chi connectivity index (χ1n) is 7.23. The third-order valence-corrected chi connectivity index (χ3v) is 3.85. The van der Waals surface area contributed by atoms with Crippen LogP contribution < -0.4 is 10.1 Å². The van der Waals surface area contributed by atoms with Gasteiger partial charge in [0.2, 0.25) is 0 Å². The second-order valence-electron chi connectivity index (χ2n) is 5.25. The molecule has 0 saturated carbocycles. The number of carbonyl (C=O) groups excluding carboxylic acids is 2. The second-order valence-corrected chi connectivity index (χ2v) is 6.16. The SMILES string of the molecule is COc1ccccc1CN(C)C(=O)C(=O)Nc1ncc(Br)cc1C. The molecular formula is C17H18BrN3O3. The minimum atomic E-state index is -0.731. The van der Waals surface area contributed by atoms with Crippen molar-refractivity contribution in [2.75, 3.05) is 19.5 Å². The fraction of sp³-hybridized carbons (Fsp3) is 0.235. The van der Waals surface area contributed by atoms with E-state index in [9.17, 15) is 9.59 Å². The smallest absolute Gasteiger partial charge is 0.315 e. The van der Waals surface area contributed by atoms with Crippen molar-refractivity contribution in [1.82, 2.24) is 9.88 Å². The molecule has 0 aliphatic heterocycles. The van der Waals surface area contributed by atoms with Crippen LogP contribution in [-0.4, -0.2) is 35.9 Å². The van der Waals surface area contributed by atoms with Gasteiger partial charge in [-0.3, -0.25) is 9.59 Å². The number of nitrogens with zero attached hydrogens (tertiary/aromatic N) is 2. The molecule has 0 atom stereocenters. The summed E-state index contributed by atoms with van der Waals surface area (Å²) in [5.41, 5.74) is 1.58. The Hall–Kier alpha value is -2.41. The number of hydrogen-bond donors (Lipinski definition) is 1. The monoisotopic (exact) mass is 391 g/mol. The molecule has 6 nitrogen and oxygen atoms in total. The van der Waals surface area contributed by atoms with Gasteiger partial charge in [-0.05, 0) is 40.5 Å². The van der Waals surface area contributed by atoms with Crippen LogP contribution >= 0.6 is 15.9 Å². The molecule has 2 rings (SSSR count). The maximum Gasteiger partial charge on any atom is 0.315 e. The van der Waals surface area contributed by atoms with Gasteiger partial charge in [-0.15, -0.1) is 0 Å². The summed E-state index contributed by atoms with van der Waals surface area (Å²) >= 11 is 3.30. The molecule has 7 heteroatoms. The number of para-hydroxylation sites is 1. The van der Waals surface area contributed by atoms with Crippen molar-refractivity contribution in [2.24, 2.45) is 0 Å². The van der Waals surface area contributed by atoms with Gasteiger partial charge in [0.05, 0.1) is 7.11 Å². The molecule has 0 spiro atoms. The van der Waals surface area contributed by atoms with Crippen LogP contribution in [0.25, 0.3) is 0 Å². The molecule has 0 unspecified atom stereocenters. The number of aryl methyl sites for hydroxylation is 1. The molecular weight excluding hydrogens is 374 g/mol. The fourth-order valence-electron chi connectivity index (χ4n) is 2.17. The van der Waals surface area contributed by atoms with E-state index < -0.39 is 11.8 Å². The van der Waals surface area contributed by atoms with Crippen LogP contribution in [0.5, 0.6) is 5.75 Å². The number of aromatic nitrogens is 1. The Bertz CT molecular complexity index is 764. The zero-order chi connectivity index (χ0) is 17.7. The molecule has 0 aliphatic rings. The quantitative estimate of drug-likeness (QED) is 0.813. The Morgan fingerprint density at radius 1 is 1.33 bits per heavy atom. The summed E-state index contributed by atoms with van der Waals surface area (Å²) in [5.74, 6) is -0.347. The zero-order valence-electron chi connectivity index (χ0n) is 13.7. The predicted octanol–water partition coefficient (Wildman–Crippen LogP) is 2.76. The van der Waals surface area contributed by atoms with Gasteiger partial charge in [-0.25, -0.2) is 4.98 Å². The molecule has 1 aromatic heterocycles. The Morgan fingerprint density at radius 3 is 2.71 bits per heavy atom. The van der Waals surface area contributed by atoms with Crippen molar-refractivity contribution in [1.29, 1.82) is 0 Å². The summed E-state index contributed by atoms with van der Waals surface area (Å²) in [5, 5.41) is 2.54. The topological polar surface area (TPSA) is 71.5 Å². The van der Waals surface area contributed by atoms with Crippen LogP contribution in [0.15, 0.2) is 41.0 Å². The highest BCUT2D eigenvalue weighted by atomic mass is 79.9. The van der Waals surface area contributed by atoms with Gasteiger partial charge in [0.15, 0.2) is 0 Å². The summed E-state index contributed by atoms with van der Waals surface area (Å²) in [6, 6.07) is 9.17. The van der Waals surface area contributed by atoms with E-state index >= 15 is 0 Å². The first-order valence-corrected chi connectivity index (χ1v) is 8.02. The third kappa shape index (κ3) is 4.32. The van der Waals surface area contributed by atoms with Crippen LogP contribution in [-0.2, 0) is 16.1 Å². The Balaban J connectivity index is 2.05. The largest absolute Gasteiger partial charge is 0.496 e. The van der Waals surface area contributed by atoms with E-state index in [4.69, 9.17) is 4.74 Å². The maximum atomic E-state index is 12.3. The lowest BCUT2D eigenvalue weighted by Gasteiger charge is -2.18. The van der Waals surface area contributed by atoms with Crippen molar-refractivity contribution in [3.63, 3.8) is 0 Å². The van der Waals surface area contributed by atoms with E-state index in [0.29, 0.717) is 11.6 Å². The van der Waals surface area contributed by atoms with Gasteiger partial charge >= 0.3 is 11.8 Å². The van der Waals surface area contributed by atoms with Crippen LogP contribution in [0.2, 0.25) is 0 Å². The highest BCUT2D eigenvalue weighted by Crippen LogP contribution is 2.19. The van der Waals surface area contributed by atoms with E-state index in [2.05, 4.69) is 26.2 Å². The van der Waals surface area contributed by atoms with E-state index in [-0.39, 0.29) is 6.54 Å². The van der Waals surface area contributed by atoms with Crippen LogP contribution in [0.1, 0.15) is 11.1 Å². The minimum Gasteiger partial charge on any atom is -0.496 e. The third-order valence-electron chi connectivity index (χ3n) is 3.42. The van der Waals surface area contributed by atoms with Crippen molar-refractivity contribution in [3.8, 4) is 5.75 Å². The molecule has 0 saturated heterocycles. The van der Waals surface area contributed by atoms with E-state index in [1.807, 2.05) is 30.3 Å². The number of ether oxygens (including phenoxy) is 1. The molecule has 24 heavy (non-hydrogen) atoms. The molecule has 0 bridgehead atoms. The Kier molecular flexibility index (Phi) is 5.92. The predicted molar refractivity (Wildman–Crippen MR) is 94.8 cm³/mol. The first kappa shape index (κ1) is 17.9. The number of hydrogen-bond acceptors (Lipinski definition) is 4. The van der Waals surface area contributed by atoms with Gasteiger partial charge in [-0.1, -0.05) is 18.2 Å². The number of carbonyl (C=O) groups is 2. The summed E-state index contributed by atoms with van der Waals surface area (Å²) in [7, 11) is 3.13. The van der Waals surface area contributed by atoms with Crippen molar-refractivity contribution < 1.29 is 14.3 Å². The summed E-state index contributed by atoms with van der Waals surface area (Å²) in [4.78, 5) is 29.9. The van der Waals surface area contributed by atoms with E-state index in [0.717, 1.165) is 15.6 Å². The van der Waals surface area contributed by atoms with Crippen LogP contribution in [0.4, 0.5) is 5.82 Å². The number of amides is 2. The molecule has 0 fully saturated rings. The standard InChI is InChI=1S/C17H18BrN3O3/c1-11-8-13(18)9-19-15(11)20-16(22)17(23)21(2)10-12-6-4-5-7-14(12)24-3/h4-9H,10H2,1-3H3,(H,19,20,22). The summed E-state index contributed by atoms with van der Waals surface area (Å²) in [6.07, 6.45) is 1.56. The minimum absolute atomic E-state index is 0.267. The highest BCUT2D eigenvalue weighted by Gasteiger charge is 2.21. The van der Waals surface area contributed by atoms with Crippen LogP contribution in [0, 0.1) is 6.92 Å². The number of anilines is 1. The zero-order valence-corrected chi connectivity index (χ0v) is 15.3. The number of rotatable bonds is 4. The Morgan fingerprint density at radius 2 is 2.04 bits per heavy atom. The van der Waals surface area contributed by atoms with Gasteiger partial charge in [0.1, 0.15) is 11.6 Å². The Labute approximate surface area is 149 Å². The van der Waals surface area contributed by atoms with Gasteiger partial charge in [0.25, 0.3) is 0 Å².